The summed E-state index contributed by atoms with van der Waals surface area (Å²) in [7, 11) is 3.77. The molecule has 1 amide bonds. The third kappa shape index (κ3) is 3.34. The van der Waals surface area contributed by atoms with Crippen molar-refractivity contribution in [3.63, 3.8) is 0 Å². The van der Waals surface area contributed by atoms with Crippen molar-refractivity contribution in [3.05, 3.63) is 48.2 Å². The Bertz CT molecular complexity index is 1250. The summed E-state index contributed by atoms with van der Waals surface area (Å²) < 4.78 is 6.98. The van der Waals surface area contributed by atoms with Gasteiger partial charge in [0.05, 0.1) is 23.1 Å². The monoisotopic (exact) mass is 402 g/mol. The van der Waals surface area contributed by atoms with Gasteiger partial charge in [0.15, 0.2) is 0 Å². The van der Waals surface area contributed by atoms with Crippen LogP contribution in [0.1, 0.15) is 29.2 Å². The fourth-order valence-corrected chi connectivity index (χ4v) is 3.67. The van der Waals surface area contributed by atoms with Gasteiger partial charge in [-0.1, -0.05) is 5.16 Å². The van der Waals surface area contributed by atoms with Gasteiger partial charge in [-0.05, 0) is 43.0 Å². The predicted octanol–water partition coefficient (Wildman–Crippen LogP) is 3.48. The third-order valence-corrected chi connectivity index (χ3v) is 5.53. The molecule has 4 aromatic rings. The lowest BCUT2D eigenvalue weighted by molar-refractivity contribution is 0.0780. The molecule has 1 aliphatic rings. The molecule has 0 unspecified atom stereocenters. The topological polar surface area (TPSA) is 89.9 Å². The first kappa shape index (κ1) is 18.5. The molecule has 5 rings (SSSR count). The highest BCUT2D eigenvalue weighted by atomic mass is 16.5. The van der Waals surface area contributed by atoms with Crippen molar-refractivity contribution in [1.29, 1.82) is 0 Å². The first-order chi connectivity index (χ1) is 14.5. The largest absolute Gasteiger partial charge is 0.340 e. The van der Waals surface area contributed by atoms with Gasteiger partial charge >= 0.3 is 0 Å². The van der Waals surface area contributed by atoms with Crippen LogP contribution in [0.2, 0.25) is 0 Å². The van der Waals surface area contributed by atoms with Crippen molar-refractivity contribution < 1.29 is 9.32 Å². The zero-order chi connectivity index (χ0) is 20.8. The average molecular weight is 402 g/mol. The normalized spacial score (nSPS) is 13.7. The zero-order valence-electron chi connectivity index (χ0n) is 17.2. The quantitative estimate of drug-likeness (QED) is 0.508. The molecule has 4 heterocycles. The molecule has 0 aliphatic heterocycles. The Morgan fingerprint density at radius 1 is 1.23 bits per heavy atom. The van der Waals surface area contributed by atoms with Crippen LogP contribution in [-0.4, -0.2) is 49.1 Å². The van der Waals surface area contributed by atoms with Crippen molar-refractivity contribution >= 4 is 16.8 Å². The first-order valence-corrected chi connectivity index (χ1v) is 9.97. The van der Waals surface area contributed by atoms with E-state index in [0.29, 0.717) is 29.0 Å². The minimum absolute atomic E-state index is 0.0368. The lowest BCUT2D eigenvalue weighted by Gasteiger charge is -2.17. The Balaban J connectivity index is 1.49. The van der Waals surface area contributed by atoms with Gasteiger partial charge in [0.2, 0.25) is 11.7 Å². The summed E-state index contributed by atoms with van der Waals surface area (Å²) in [6.07, 6.45) is 5.93. The van der Waals surface area contributed by atoms with E-state index in [1.165, 1.54) is 12.8 Å². The average Bonchev–Trinajstić information content (AvgIpc) is 3.36. The Morgan fingerprint density at radius 2 is 2.03 bits per heavy atom. The van der Waals surface area contributed by atoms with Crippen molar-refractivity contribution in [2.75, 3.05) is 13.6 Å². The zero-order valence-corrected chi connectivity index (χ0v) is 17.2. The van der Waals surface area contributed by atoms with Crippen molar-refractivity contribution in [2.45, 2.75) is 19.8 Å². The van der Waals surface area contributed by atoms with Crippen LogP contribution in [0.5, 0.6) is 0 Å². The number of hydrogen-bond acceptors (Lipinski definition) is 6. The second kappa shape index (κ2) is 7.05. The number of hydrogen-bond donors (Lipinski definition) is 0. The summed E-state index contributed by atoms with van der Waals surface area (Å²) in [5.41, 5.74) is 3.81. The highest BCUT2D eigenvalue weighted by Gasteiger charge is 2.26. The van der Waals surface area contributed by atoms with Gasteiger partial charge in [0, 0.05) is 44.7 Å². The number of nitrogens with zero attached hydrogens (tertiary/aromatic N) is 6. The lowest BCUT2D eigenvalue weighted by atomic mass is 10.1. The number of rotatable bonds is 5. The highest BCUT2D eigenvalue weighted by Crippen LogP contribution is 2.30. The van der Waals surface area contributed by atoms with Gasteiger partial charge in [-0.3, -0.25) is 14.8 Å². The van der Waals surface area contributed by atoms with Gasteiger partial charge in [-0.25, -0.2) is 0 Å². The summed E-state index contributed by atoms with van der Waals surface area (Å²) >= 11 is 0. The molecule has 1 fully saturated rings. The van der Waals surface area contributed by atoms with E-state index in [4.69, 9.17) is 4.52 Å². The van der Waals surface area contributed by atoms with E-state index in [9.17, 15) is 4.79 Å². The Kier molecular flexibility index (Phi) is 4.34. The summed E-state index contributed by atoms with van der Waals surface area (Å²) in [6.45, 7) is 2.57. The third-order valence-electron chi connectivity index (χ3n) is 5.53. The van der Waals surface area contributed by atoms with Crippen LogP contribution >= 0.6 is 0 Å². The van der Waals surface area contributed by atoms with E-state index in [1.54, 1.807) is 19.3 Å². The van der Waals surface area contributed by atoms with E-state index < -0.39 is 0 Å². The Hall–Kier alpha value is -3.55. The van der Waals surface area contributed by atoms with Gasteiger partial charge in [-0.15, -0.1) is 0 Å². The van der Waals surface area contributed by atoms with E-state index >= 15 is 0 Å². The minimum Gasteiger partial charge on any atom is -0.340 e. The highest BCUT2D eigenvalue weighted by molar-refractivity contribution is 5.99. The van der Waals surface area contributed by atoms with Crippen LogP contribution in [0.15, 0.2) is 41.2 Å². The fourth-order valence-electron chi connectivity index (χ4n) is 3.67. The van der Waals surface area contributed by atoms with E-state index in [2.05, 4.69) is 20.1 Å². The number of pyridine rings is 2. The van der Waals surface area contributed by atoms with E-state index in [1.807, 2.05) is 47.8 Å². The summed E-state index contributed by atoms with van der Waals surface area (Å²) in [4.78, 5) is 28.0. The predicted molar refractivity (Wildman–Crippen MR) is 112 cm³/mol. The van der Waals surface area contributed by atoms with Crippen molar-refractivity contribution in [2.24, 2.45) is 13.0 Å². The number of amides is 1. The molecular formula is C22H22N6O2. The number of aromatic nitrogens is 5. The lowest BCUT2D eigenvalue weighted by Crippen LogP contribution is -2.30. The maximum absolute atomic E-state index is 12.9. The molecule has 4 aromatic heterocycles. The standard InChI is InChI=1S/C22H22N6O2/c1-13-25-21(26-30-13)15-6-7-23-17(8-15)18-9-16-10-19(28(3)20(16)11-24-18)22(29)27(2)12-14-4-5-14/h6-11,14H,4-5,12H2,1-3H3. The number of carbonyl (C=O) groups excluding carboxylic acids is 1. The molecule has 1 aliphatic carbocycles. The summed E-state index contributed by atoms with van der Waals surface area (Å²) in [5, 5.41) is 4.92. The van der Waals surface area contributed by atoms with Gasteiger partial charge in [-0.2, -0.15) is 4.98 Å². The number of fused-ring (bicyclic) bond motifs is 1. The molecule has 0 radical (unpaired) electrons. The molecule has 0 atom stereocenters. The van der Waals surface area contributed by atoms with Crippen molar-refractivity contribution in [3.8, 4) is 22.8 Å². The second-order valence-corrected chi connectivity index (χ2v) is 7.91. The van der Waals surface area contributed by atoms with Crippen LogP contribution < -0.4 is 0 Å². The van der Waals surface area contributed by atoms with Crippen LogP contribution in [0.4, 0.5) is 0 Å². The van der Waals surface area contributed by atoms with Crippen LogP contribution in [0, 0.1) is 12.8 Å². The molecule has 0 spiro atoms. The number of aryl methyl sites for hydroxylation is 2. The second-order valence-electron chi connectivity index (χ2n) is 7.91. The SMILES string of the molecule is Cc1nc(-c2ccnc(-c3cc4cc(C(=O)N(C)CC5CC5)n(C)c4cn3)c2)no1. The fraction of sp³-hybridized carbons (Fsp3) is 0.318. The smallest absolute Gasteiger partial charge is 0.270 e. The molecule has 30 heavy (non-hydrogen) atoms. The molecule has 8 nitrogen and oxygen atoms in total. The Labute approximate surface area is 173 Å². The molecular weight excluding hydrogens is 380 g/mol. The minimum atomic E-state index is 0.0368. The van der Waals surface area contributed by atoms with Crippen LogP contribution in [-0.2, 0) is 7.05 Å². The Morgan fingerprint density at radius 3 is 2.77 bits per heavy atom. The molecule has 152 valence electrons. The van der Waals surface area contributed by atoms with E-state index in [0.717, 1.165) is 28.7 Å². The number of carbonyl (C=O) groups is 1. The van der Waals surface area contributed by atoms with Crippen molar-refractivity contribution in [1.82, 2.24) is 29.6 Å². The summed E-state index contributed by atoms with van der Waals surface area (Å²) in [6, 6.07) is 7.61. The molecule has 0 aromatic carbocycles. The van der Waals surface area contributed by atoms with Gasteiger partial charge in [0.25, 0.3) is 5.91 Å². The molecule has 1 saturated carbocycles. The molecule has 0 saturated heterocycles. The van der Waals surface area contributed by atoms with Crippen LogP contribution in [0.3, 0.4) is 0 Å². The van der Waals surface area contributed by atoms with Gasteiger partial charge < -0.3 is 14.0 Å². The first-order valence-electron chi connectivity index (χ1n) is 9.97. The summed E-state index contributed by atoms with van der Waals surface area (Å²) in [5.74, 6) is 1.72. The molecule has 0 N–H and O–H groups in total. The molecule has 0 bridgehead atoms. The maximum Gasteiger partial charge on any atom is 0.270 e. The van der Waals surface area contributed by atoms with Gasteiger partial charge in [0.1, 0.15) is 5.69 Å². The van der Waals surface area contributed by atoms with E-state index in [-0.39, 0.29) is 5.91 Å². The maximum atomic E-state index is 12.9. The molecule has 8 heteroatoms. The van der Waals surface area contributed by atoms with Crippen LogP contribution in [0.25, 0.3) is 33.7 Å².